The van der Waals surface area contributed by atoms with Gasteiger partial charge in [-0.25, -0.2) is 0 Å². The molecule has 1 heterocycles. The van der Waals surface area contributed by atoms with Gasteiger partial charge in [-0.15, -0.1) is 0 Å². The summed E-state index contributed by atoms with van der Waals surface area (Å²) in [6.45, 7) is 6.26. The van der Waals surface area contributed by atoms with E-state index in [1.165, 1.54) is 0 Å². The van der Waals surface area contributed by atoms with E-state index in [1.54, 1.807) is 0 Å². The minimum atomic E-state index is -0.0337. The van der Waals surface area contributed by atoms with Crippen molar-refractivity contribution in [3.05, 3.63) is 34.9 Å². The second-order valence-electron chi connectivity index (χ2n) is 4.86. The molecule has 4 heteroatoms. The van der Waals surface area contributed by atoms with Gasteiger partial charge in [0.1, 0.15) is 0 Å². The molecule has 0 aliphatic carbocycles. The molecule has 98 valence electrons. The second kappa shape index (κ2) is 5.50. The predicted molar refractivity (Wildman–Crippen MR) is 70.6 cm³/mol. The van der Waals surface area contributed by atoms with E-state index < -0.39 is 0 Å². The summed E-state index contributed by atoms with van der Waals surface area (Å²) in [5.74, 6) is 0.0727. The molecule has 2 rings (SSSR count). The fourth-order valence-corrected chi connectivity index (χ4v) is 2.33. The molecule has 1 unspecified atom stereocenters. The number of nitrogens with zero attached hydrogens (tertiary/aromatic N) is 1. The Morgan fingerprint density at radius 2 is 2.06 bits per heavy atom. The normalized spacial score (nSPS) is 19.9. The standard InChI is InChI=1S/C14H20N2O2/c1-10-5-11(2)7-12(6-10)14(17)16-3-4-18-13(8-15)9-16/h5-7,13H,3-4,8-9,15H2,1-2H3. The summed E-state index contributed by atoms with van der Waals surface area (Å²) in [6.07, 6.45) is -0.0337. The number of carbonyl (C=O) groups is 1. The quantitative estimate of drug-likeness (QED) is 0.852. The lowest BCUT2D eigenvalue weighted by molar-refractivity contribution is -0.0167. The maximum Gasteiger partial charge on any atom is 0.254 e. The summed E-state index contributed by atoms with van der Waals surface area (Å²) in [5.41, 5.74) is 8.57. The molecular weight excluding hydrogens is 228 g/mol. The minimum Gasteiger partial charge on any atom is -0.373 e. The Hall–Kier alpha value is -1.39. The molecule has 0 spiro atoms. The summed E-state index contributed by atoms with van der Waals surface area (Å²) in [5, 5.41) is 0. The molecule has 4 nitrogen and oxygen atoms in total. The van der Waals surface area contributed by atoms with Gasteiger partial charge in [-0.1, -0.05) is 17.2 Å². The van der Waals surface area contributed by atoms with Crippen molar-refractivity contribution in [2.75, 3.05) is 26.2 Å². The largest absolute Gasteiger partial charge is 0.373 e. The van der Waals surface area contributed by atoms with Crippen LogP contribution in [-0.2, 0) is 4.74 Å². The van der Waals surface area contributed by atoms with E-state index in [0.29, 0.717) is 26.2 Å². The Morgan fingerprint density at radius 1 is 1.39 bits per heavy atom. The molecule has 1 aromatic rings. The molecule has 0 aromatic heterocycles. The lowest BCUT2D eigenvalue weighted by Crippen LogP contribution is -2.48. The van der Waals surface area contributed by atoms with E-state index >= 15 is 0 Å². The summed E-state index contributed by atoms with van der Waals surface area (Å²) in [7, 11) is 0. The van der Waals surface area contributed by atoms with Crippen LogP contribution >= 0.6 is 0 Å². The summed E-state index contributed by atoms with van der Waals surface area (Å²) in [4.78, 5) is 14.2. The van der Waals surface area contributed by atoms with Crippen molar-refractivity contribution in [1.29, 1.82) is 0 Å². The van der Waals surface area contributed by atoms with Gasteiger partial charge in [0.2, 0.25) is 0 Å². The number of aryl methyl sites for hydroxylation is 2. The van der Waals surface area contributed by atoms with Gasteiger partial charge in [-0.05, 0) is 26.0 Å². The number of amides is 1. The maximum atomic E-state index is 12.4. The molecule has 1 aliphatic heterocycles. The smallest absolute Gasteiger partial charge is 0.254 e. The zero-order chi connectivity index (χ0) is 13.1. The number of ether oxygens (including phenoxy) is 1. The van der Waals surface area contributed by atoms with Crippen LogP contribution in [0.3, 0.4) is 0 Å². The van der Waals surface area contributed by atoms with Crippen LogP contribution in [0.5, 0.6) is 0 Å². The topological polar surface area (TPSA) is 55.6 Å². The molecule has 1 fully saturated rings. The summed E-state index contributed by atoms with van der Waals surface area (Å²) in [6, 6.07) is 5.93. The molecule has 18 heavy (non-hydrogen) atoms. The zero-order valence-electron chi connectivity index (χ0n) is 11.0. The van der Waals surface area contributed by atoms with E-state index in [-0.39, 0.29) is 12.0 Å². The van der Waals surface area contributed by atoms with E-state index in [2.05, 4.69) is 6.07 Å². The molecule has 0 radical (unpaired) electrons. The Balaban J connectivity index is 2.15. The van der Waals surface area contributed by atoms with E-state index in [0.717, 1.165) is 16.7 Å². The lowest BCUT2D eigenvalue weighted by Gasteiger charge is -2.32. The van der Waals surface area contributed by atoms with Crippen molar-refractivity contribution in [3.8, 4) is 0 Å². The summed E-state index contributed by atoms with van der Waals surface area (Å²) < 4.78 is 5.47. The first-order valence-electron chi connectivity index (χ1n) is 6.29. The maximum absolute atomic E-state index is 12.4. The van der Waals surface area contributed by atoms with Crippen LogP contribution in [0.1, 0.15) is 21.5 Å². The van der Waals surface area contributed by atoms with Gasteiger partial charge in [-0.3, -0.25) is 4.79 Å². The van der Waals surface area contributed by atoms with Crippen LogP contribution in [0, 0.1) is 13.8 Å². The highest BCUT2D eigenvalue weighted by Crippen LogP contribution is 2.14. The monoisotopic (exact) mass is 248 g/mol. The molecule has 1 atom stereocenters. The zero-order valence-corrected chi connectivity index (χ0v) is 11.0. The van der Waals surface area contributed by atoms with Crippen LogP contribution in [0.2, 0.25) is 0 Å². The highest BCUT2D eigenvalue weighted by atomic mass is 16.5. The van der Waals surface area contributed by atoms with E-state index in [4.69, 9.17) is 10.5 Å². The van der Waals surface area contributed by atoms with Crippen molar-refractivity contribution >= 4 is 5.91 Å². The van der Waals surface area contributed by atoms with Crippen molar-refractivity contribution in [2.45, 2.75) is 20.0 Å². The third-order valence-corrected chi connectivity index (χ3v) is 3.16. The molecule has 0 bridgehead atoms. The number of hydrogen-bond acceptors (Lipinski definition) is 3. The van der Waals surface area contributed by atoms with Crippen molar-refractivity contribution in [2.24, 2.45) is 5.73 Å². The molecular formula is C14H20N2O2. The van der Waals surface area contributed by atoms with Crippen LogP contribution in [0.15, 0.2) is 18.2 Å². The van der Waals surface area contributed by atoms with Crippen LogP contribution < -0.4 is 5.73 Å². The number of hydrogen-bond donors (Lipinski definition) is 1. The van der Waals surface area contributed by atoms with Gasteiger partial charge >= 0.3 is 0 Å². The third kappa shape index (κ3) is 2.89. The highest BCUT2D eigenvalue weighted by molar-refractivity contribution is 5.94. The first kappa shape index (κ1) is 13.1. The SMILES string of the molecule is Cc1cc(C)cc(C(=O)N2CCOC(CN)C2)c1. The highest BCUT2D eigenvalue weighted by Gasteiger charge is 2.24. The van der Waals surface area contributed by atoms with Gasteiger partial charge in [0.05, 0.1) is 12.7 Å². The van der Waals surface area contributed by atoms with Crippen molar-refractivity contribution in [3.63, 3.8) is 0 Å². The van der Waals surface area contributed by atoms with E-state index in [1.807, 2.05) is 30.9 Å². The minimum absolute atomic E-state index is 0.0337. The van der Waals surface area contributed by atoms with Crippen LogP contribution in [0.4, 0.5) is 0 Å². The predicted octanol–water partition coefficient (Wildman–Crippen LogP) is 1.10. The average molecular weight is 248 g/mol. The molecule has 1 saturated heterocycles. The first-order chi connectivity index (χ1) is 8.60. The fourth-order valence-electron chi connectivity index (χ4n) is 2.33. The van der Waals surface area contributed by atoms with Crippen LogP contribution in [-0.4, -0.2) is 43.2 Å². The second-order valence-corrected chi connectivity index (χ2v) is 4.86. The van der Waals surface area contributed by atoms with E-state index in [9.17, 15) is 4.79 Å². The number of morpholine rings is 1. The number of rotatable bonds is 2. The number of nitrogens with two attached hydrogens (primary N) is 1. The van der Waals surface area contributed by atoms with Gasteiger partial charge in [-0.2, -0.15) is 0 Å². The fraction of sp³-hybridized carbons (Fsp3) is 0.500. The third-order valence-electron chi connectivity index (χ3n) is 3.16. The van der Waals surface area contributed by atoms with Gasteiger partial charge in [0, 0.05) is 25.2 Å². The lowest BCUT2D eigenvalue weighted by atomic mass is 10.1. The Kier molecular flexibility index (Phi) is 3.99. The van der Waals surface area contributed by atoms with Crippen molar-refractivity contribution in [1.82, 2.24) is 4.90 Å². The number of carbonyl (C=O) groups excluding carboxylic acids is 1. The van der Waals surface area contributed by atoms with Crippen molar-refractivity contribution < 1.29 is 9.53 Å². The first-order valence-corrected chi connectivity index (χ1v) is 6.29. The summed E-state index contributed by atoms with van der Waals surface area (Å²) >= 11 is 0. The van der Waals surface area contributed by atoms with Crippen LogP contribution in [0.25, 0.3) is 0 Å². The molecule has 1 aliphatic rings. The Morgan fingerprint density at radius 3 is 2.67 bits per heavy atom. The Labute approximate surface area is 108 Å². The van der Waals surface area contributed by atoms with Gasteiger partial charge in [0.25, 0.3) is 5.91 Å². The van der Waals surface area contributed by atoms with Gasteiger partial charge < -0.3 is 15.4 Å². The van der Waals surface area contributed by atoms with Gasteiger partial charge in [0.15, 0.2) is 0 Å². The average Bonchev–Trinajstić information content (AvgIpc) is 2.37. The Bertz CT molecular complexity index is 425. The molecule has 1 aromatic carbocycles. The molecule has 2 N–H and O–H groups in total. The molecule has 0 saturated carbocycles. The molecule has 1 amide bonds. The number of benzene rings is 1.